The minimum absolute atomic E-state index is 0.711. The predicted molar refractivity (Wildman–Crippen MR) is 45.2 cm³/mol. The highest BCUT2D eigenvalue weighted by atomic mass is 13.7. The van der Waals surface area contributed by atoms with Crippen LogP contribution in [-0.2, 0) is 0 Å². The van der Waals surface area contributed by atoms with E-state index in [9.17, 15) is 0 Å². The quantitative estimate of drug-likeness (QED) is 0.397. The summed E-state index contributed by atoms with van der Waals surface area (Å²) in [5, 5.41) is 0. The van der Waals surface area contributed by atoms with Gasteiger partial charge in [-0.3, -0.25) is 0 Å². The first-order valence-corrected chi connectivity index (χ1v) is 3.09. The lowest BCUT2D eigenvalue weighted by molar-refractivity contribution is 1.48. The third-order valence-corrected chi connectivity index (χ3v) is 0.732. The molecule has 0 amide bonds. The molecular formula is C10H10. The molecule has 0 fully saturated rings. The molecule has 0 aliphatic heterocycles. The molecular weight excluding hydrogens is 120 g/mol. The van der Waals surface area contributed by atoms with Gasteiger partial charge in [0.2, 0.25) is 0 Å². The van der Waals surface area contributed by atoms with Crippen LogP contribution >= 0.6 is 0 Å². The summed E-state index contributed by atoms with van der Waals surface area (Å²) in [4.78, 5) is 0. The second-order valence-corrected chi connectivity index (χ2v) is 1.59. The maximum atomic E-state index is 3.53. The van der Waals surface area contributed by atoms with E-state index >= 15 is 0 Å². The van der Waals surface area contributed by atoms with Crippen LogP contribution in [0.5, 0.6) is 0 Å². The SMILES string of the molecule is C=CCC#CC#CCC=C. The molecule has 0 heterocycles. The maximum Gasteiger partial charge on any atom is 0.0277 e. The molecule has 0 unspecified atom stereocenters. The Morgan fingerprint density at radius 3 is 1.60 bits per heavy atom. The molecule has 0 radical (unpaired) electrons. The summed E-state index contributed by atoms with van der Waals surface area (Å²) in [5.74, 6) is 11.0. The van der Waals surface area contributed by atoms with Gasteiger partial charge < -0.3 is 0 Å². The van der Waals surface area contributed by atoms with Gasteiger partial charge in [-0.15, -0.1) is 13.2 Å². The molecule has 0 spiro atoms. The Balaban J connectivity index is 3.54. The summed E-state index contributed by atoms with van der Waals surface area (Å²) in [7, 11) is 0. The zero-order chi connectivity index (χ0) is 7.66. The van der Waals surface area contributed by atoms with Crippen LogP contribution in [0.25, 0.3) is 0 Å². The molecule has 0 aromatic carbocycles. The summed E-state index contributed by atoms with van der Waals surface area (Å²) in [6.07, 6.45) is 4.93. The summed E-state index contributed by atoms with van der Waals surface area (Å²) in [5.41, 5.74) is 0. The Kier molecular flexibility index (Phi) is 6.54. The van der Waals surface area contributed by atoms with Crippen molar-refractivity contribution in [1.29, 1.82) is 0 Å². The Morgan fingerprint density at radius 1 is 0.900 bits per heavy atom. The van der Waals surface area contributed by atoms with Crippen molar-refractivity contribution < 1.29 is 0 Å². The first-order chi connectivity index (χ1) is 4.91. The van der Waals surface area contributed by atoms with Crippen molar-refractivity contribution in [2.24, 2.45) is 0 Å². The van der Waals surface area contributed by atoms with Crippen LogP contribution in [0, 0.1) is 23.7 Å². The molecule has 0 bridgehead atoms. The molecule has 0 aliphatic rings. The summed E-state index contributed by atoms with van der Waals surface area (Å²) in [6, 6.07) is 0. The van der Waals surface area contributed by atoms with Gasteiger partial charge in [-0.05, 0) is 11.8 Å². The minimum atomic E-state index is 0.711. The summed E-state index contributed by atoms with van der Waals surface area (Å²) >= 11 is 0. The maximum absolute atomic E-state index is 3.53. The molecule has 50 valence electrons. The van der Waals surface area contributed by atoms with E-state index in [0.717, 1.165) is 0 Å². The lowest BCUT2D eigenvalue weighted by atomic mass is 10.4. The third-order valence-electron chi connectivity index (χ3n) is 0.732. The fourth-order valence-electron chi connectivity index (χ4n) is 0.335. The highest BCUT2D eigenvalue weighted by molar-refractivity contribution is 5.27. The van der Waals surface area contributed by atoms with Gasteiger partial charge in [0.1, 0.15) is 0 Å². The zero-order valence-electron chi connectivity index (χ0n) is 5.98. The summed E-state index contributed by atoms with van der Waals surface area (Å²) in [6.45, 7) is 7.06. The lowest BCUT2D eigenvalue weighted by Crippen LogP contribution is -1.57. The molecule has 0 rings (SSSR count). The van der Waals surface area contributed by atoms with Crippen LogP contribution in [-0.4, -0.2) is 0 Å². The number of hydrogen-bond donors (Lipinski definition) is 0. The fourth-order valence-corrected chi connectivity index (χ4v) is 0.335. The average molecular weight is 130 g/mol. The van der Waals surface area contributed by atoms with E-state index < -0.39 is 0 Å². The second kappa shape index (κ2) is 7.60. The number of rotatable bonds is 2. The number of allylic oxidation sites excluding steroid dienone is 2. The van der Waals surface area contributed by atoms with Crippen LogP contribution < -0.4 is 0 Å². The molecule has 0 N–H and O–H groups in total. The van der Waals surface area contributed by atoms with Gasteiger partial charge in [-0.2, -0.15) is 0 Å². The van der Waals surface area contributed by atoms with Crippen LogP contribution in [0.2, 0.25) is 0 Å². The highest BCUT2D eigenvalue weighted by Gasteiger charge is 1.61. The van der Waals surface area contributed by atoms with Crippen molar-refractivity contribution in [3.8, 4) is 23.7 Å². The van der Waals surface area contributed by atoms with Crippen LogP contribution in [0.3, 0.4) is 0 Å². The third kappa shape index (κ3) is 6.60. The normalized spacial score (nSPS) is 6.00. The Hall–Kier alpha value is -1.40. The smallest absolute Gasteiger partial charge is 0.0277 e. The van der Waals surface area contributed by atoms with Crippen LogP contribution in [0.4, 0.5) is 0 Å². The van der Waals surface area contributed by atoms with Crippen molar-refractivity contribution in [2.75, 3.05) is 0 Å². The highest BCUT2D eigenvalue weighted by Crippen LogP contribution is 1.74. The van der Waals surface area contributed by atoms with Crippen LogP contribution in [0.15, 0.2) is 25.3 Å². The van der Waals surface area contributed by atoms with E-state index in [1.165, 1.54) is 0 Å². The van der Waals surface area contributed by atoms with Gasteiger partial charge in [0, 0.05) is 12.8 Å². The molecule has 0 aromatic rings. The van der Waals surface area contributed by atoms with Crippen molar-refractivity contribution in [2.45, 2.75) is 12.8 Å². The Morgan fingerprint density at radius 2 is 1.30 bits per heavy atom. The zero-order valence-corrected chi connectivity index (χ0v) is 5.98. The first kappa shape index (κ1) is 8.60. The van der Waals surface area contributed by atoms with Crippen molar-refractivity contribution in [1.82, 2.24) is 0 Å². The summed E-state index contributed by atoms with van der Waals surface area (Å²) < 4.78 is 0. The van der Waals surface area contributed by atoms with E-state index in [2.05, 4.69) is 36.8 Å². The molecule has 0 nitrogen and oxygen atoms in total. The van der Waals surface area contributed by atoms with E-state index in [1.807, 2.05) is 0 Å². The molecule has 0 saturated carbocycles. The van der Waals surface area contributed by atoms with Gasteiger partial charge in [-0.1, -0.05) is 24.0 Å². The van der Waals surface area contributed by atoms with Crippen molar-refractivity contribution in [3.63, 3.8) is 0 Å². The van der Waals surface area contributed by atoms with Crippen molar-refractivity contribution >= 4 is 0 Å². The van der Waals surface area contributed by atoms with E-state index in [-0.39, 0.29) is 0 Å². The second-order valence-electron chi connectivity index (χ2n) is 1.59. The first-order valence-electron chi connectivity index (χ1n) is 3.09. The van der Waals surface area contributed by atoms with Gasteiger partial charge in [0.25, 0.3) is 0 Å². The minimum Gasteiger partial charge on any atom is -0.102 e. The topological polar surface area (TPSA) is 0 Å². The molecule has 0 saturated heterocycles. The standard InChI is InChI=1S/C10H10/c1-3-5-7-9-10-8-6-4-2/h3-4H,1-2,5-6H2. The largest absolute Gasteiger partial charge is 0.102 e. The molecule has 10 heavy (non-hydrogen) atoms. The van der Waals surface area contributed by atoms with E-state index in [0.29, 0.717) is 12.8 Å². The number of hydrogen-bond acceptors (Lipinski definition) is 0. The van der Waals surface area contributed by atoms with Gasteiger partial charge >= 0.3 is 0 Å². The lowest BCUT2D eigenvalue weighted by Gasteiger charge is -1.67. The Bertz CT molecular complexity index is 186. The van der Waals surface area contributed by atoms with Crippen LogP contribution in [0.1, 0.15) is 12.8 Å². The fraction of sp³-hybridized carbons (Fsp3) is 0.200. The average Bonchev–Trinajstić information content (AvgIpc) is 1.97. The van der Waals surface area contributed by atoms with E-state index in [1.54, 1.807) is 12.2 Å². The monoisotopic (exact) mass is 130 g/mol. The van der Waals surface area contributed by atoms with E-state index in [4.69, 9.17) is 0 Å². The van der Waals surface area contributed by atoms with Crippen molar-refractivity contribution in [3.05, 3.63) is 25.3 Å². The molecule has 0 atom stereocenters. The van der Waals surface area contributed by atoms with Gasteiger partial charge in [0.15, 0.2) is 0 Å². The predicted octanol–water partition coefficient (Wildman–Crippen LogP) is 2.15. The van der Waals surface area contributed by atoms with Gasteiger partial charge in [0.05, 0.1) is 0 Å². The Labute approximate surface area is 62.6 Å². The molecule has 0 aliphatic carbocycles. The molecule has 0 heteroatoms. The molecule has 0 aromatic heterocycles. The van der Waals surface area contributed by atoms with Gasteiger partial charge in [-0.25, -0.2) is 0 Å².